The van der Waals surface area contributed by atoms with Crippen molar-refractivity contribution >= 4 is 29.0 Å². The van der Waals surface area contributed by atoms with E-state index in [0.29, 0.717) is 13.1 Å². The van der Waals surface area contributed by atoms with E-state index in [1.807, 2.05) is 42.2 Å². The molecule has 1 aliphatic heterocycles. The lowest BCUT2D eigenvalue weighted by Crippen LogP contribution is -2.50. The van der Waals surface area contributed by atoms with E-state index in [-0.39, 0.29) is 16.8 Å². The minimum atomic E-state index is -0.397. The first-order valence-electron chi connectivity index (χ1n) is 8.54. The van der Waals surface area contributed by atoms with E-state index in [9.17, 15) is 14.9 Å². The summed E-state index contributed by atoms with van der Waals surface area (Å²) < 4.78 is 0. The van der Waals surface area contributed by atoms with Crippen molar-refractivity contribution in [2.75, 3.05) is 31.1 Å². The SMILES string of the molecule is CC(Sc1ccccc1)C(=O)N1CCN(c2ccc([N+](=O)[O-])cc2)CC1. The molecule has 0 radical (unpaired) electrons. The van der Waals surface area contributed by atoms with Crippen LogP contribution in [0.4, 0.5) is 11.4 Å². The zero-order chi connectivity index (χ0) is 18.5. The monoisotopic (exact) mass is 371 g/mol. The van der Waals surface area contributed by atoms with Gasteiger partial charge in [0.05, 0.1) is 10.2 Å². The molecule has 1 heterocycles. The molecule has 3 rings (SSSR count). The van der Waals surface area contributed by atoms with Crippen LogP contribution in [0.3, 0.4) is 0 Å². The molecule has 0 saturated carbocycles. The number of amides is 1. The van der Waals surface area contributed by atoms with Crippen LogP contribution < -0.4 is 4.90 Å². The summed E-state index contributed by atoms with van der Waals surface area (Å²) in [6.45, 7) is 4.73. The van der Waals surface area contributed by atoms with Gasteiger partial charge in [-0.2, -0.15) is 0 Å². The number of carbonyl (C=O) groups excluding carboxylic acids is 1. The Labute approximate surface area is 156 Å². The van der Waals surface area contributed by atoms with Gasteiger partial charge in [0.2, 0.25) is 5.91 Å². The van der Waals surface area contributed by atoms with Crippen LogP contribution in [0.1, 0.15) is 6.92 Å². The lowest BCUT2D eigenvalue weighted by Gasteiger charge is -2.37. The summed E-state index contributed by atoms with van der Waals surface area (Å²) in [6.07, 6.45) is 0. The number of benzene rings is 2. The molecule has 26 heavy (non-hydrogen) atoms. The Hall–Kier alpha value is -2.54. The molecule has 1 amide bonds. The summed E-state index contributed by atoms with van der Waals surface area (Å²) in [5.41, 5.74) is 1.05. The van der Waals surface area contributed by atoms with Crippen molar-refractivity contribution in [3.63, 3.8) is 0 Å². The summed E-state index contributed by atoms with van der Waals surface area (Å²) in [5.74, 6) is 0.155. The van der Waals surface area contributed by atoms with Crippen LogP contribution in [0, 0.1) is 10.1 Å². The van der Waals surface area contributed by atoms with E-state index in [0.717, 1.165) is 23.7 Å². The van der Waals surface area contributed by atoms with Gasteiger partial charge in [0.15, 0.2) is 0 Å². The van der Waals surface area contributed by atoms with Crippen LogP contribution in [-0.2, 0) is 4.79 Å². The van der Waals surface area contributed by atoms with Crippen LogP contribution >= 0.6 is 11.8 Å². The molecule has 2 aromatic carbocycles. The molecular formula is C19H21N3O3S. The third kappa shape index (κ3) is 4.35. The number of rotatable bonds is 5. The number of nitrogens with zero attached hydrogens (tertiary/aromatic N) is 3. The summed E-state index contributed by atoms with van der Waals surface area (Å²) in [4.78, 5) is 28.2. The van der Waals surface area contributed by atoms with Gasteiger partial charge < -0.3 is 9.80 Å². The van der Waals surface area contributed by atoms with Crippen molar-refractivity contribution in [2.24, 2.45) is 0 Å². The van der Waals surface area contributed by atoms with E-state index in [1.54, 1.807) is 23.9 Å². The normalized spacial score (nSPS) is 15.6. The van der Waals surface area contributed by atoms with E-state index >= 15 is 0 Å². The average Bonchev–Trinajstić information content (AvgIpc) is 2.68. The van der Waals surface area contributed by atoms with Crippen molar-refractivity contribution in [1.82, 2.24) is 4.90 Å². The van der Waals surface area contributed by atoms with Gasteiger partial charge in [0, 0.05) is 48.9 Å². The van der Waals surface area contributed by atoms with Gasteiger partial charge >= 0.3 is 0 Å². The molecule has 1 saturated heterocycles. The molecule has 1 fully saturated rings. The maximum Gasteiger partial charge on any atom is 0.269 e. The Morgan fingerprint density at radius 1 is 1.04 bits per heavy atom. The zero-order valence-electron chi connectivity index (χ0n) is 14.6. The molecule has 1 atom stereocenters. The predicted molar refractivity (Wildman–Crippen MR) is 104 cm³/mol. The third-order valence-electron chi connectivity index (χ3n) is 4.42. The zero-order valence-corrected chi connectivity index (χ0v) is 15.4. The Bertz CT molecular complexity index is 759. The van der Waals surface area contributed by atoms with Crippen LogP contribution in [0.5, 0.6) is 0 Å². The Morgan fingerprint density at radius 3 is 2.23 bits per heavy atom. The molecular weight excluding hydrogens is 350 g/mol. The first-order chi connectivity index (χ1) is 12.5. The van der Waals surface area contributed by atoms with E-state index in [2.05, 4.69) is 4.90 Å². The van der Waals surface area contributed by atoms with E-state index < -0.39 is 4.92 Å². The highest BCUT2D eigenvalue weighted by Crippen LogP contribution is 2.25. The fourth-order valence-electron chi connectivity index (χ4n) is 2.98. The number of anilines is 1. The lowest BCUT2D eigenvalue weighted by atomic mass is 10.2. The molecule has 0 spiro atoms. The maximum absolute atomic E-state index is 12.7. The first kappa shape index (κ1) is 18.3. The van der Waals surface area contributed by atoms with Gasteiger partial charge in [0.1, 0.15) is 0 Å². The molecule has 6 nitrogen and oxygen atoms in total. The van der Waals surface area contributed by atoms with Crippen LogP contribution in [0.2, 0.25) is 0 Å². The molecule has 7 heteroatoms. The molecule has 0 aliphatic carbocycles. The number of non-ortho nitro benzene ring substituents is 1. The number of piperazine rings is 1. The lowest BCUT2D eigenvalue weighted by molar-refractivity contribution is -0.384. The van der Waals surface area contributed by atoms with Crippen LogP contribution in [0.25, 0.3) is 0 Å². The van der Waals surface area contributed by atoms with Gasteiger partial charge in [0.25, 0.3) is 5.69 Å². The summed E-state index contributed by atoms with van der Waals surface area (Å²) >= 11 is 1.58. The number of nitro groups is 1. The van der Waals surface area contributed by atoms with Gasteiger partial charge in [-0.05, 0) is 31.2 Å². The Balaban J connectivity index is 1.54. The highest BCUT2D eigenvalue weighted by Gasteiger charge is 2.25. The van der Waals surface area contributed by atoms with Crippen molar-refractivity contribution in [3.8, 4) is 0 Å². The van der Waals surface area contributed by atoms with E-state index in [1.165, 1.54) is 12.1 Å². The fraction of sp³-hybridized carbons (Fsp3) is 0.316. The fourth-order valence-corrected chi connectivity index (χ4v) is 3.95. The smallest absolute Gasteiger partial charge is 0.269 e. The van der Waals surface area contributed by atoms with Crippen LogP contribution in [0.15, 0.2) is 59.5 Å². The summed E-state index contributed by atoms with van der Waals surface area (Å²) in [7, 11) is 0. The number of thioether (sulfide) groups is 1. The van der Waals surface area contributed by atoms with Crippen molar-refractivity contribution in [1.29, 1.82) is 0 Å². The second kappa shape index (κ2) is 8.23. The second-order valence-corrected chi connectivity index (χ2v) is 7.57. The quantitative estimate of drug-likeness (QED) is 0.458. The number of hydrogen-bond acceptors (Lipinski definition) is 5. The van der Waals surface area contributed by atoms with Crippen molar-refractivity contribution in [2.45, 2.75) is 17.1 Å². The maximum atomic E-state index is 12.7. The van der Waals surface area contributed by atoms with E-state index in [4.69, 9.17) is 0 Å². The van der Waals surface area contributed by atoms with Gasteiger partial charge in [-0.25, -0.2) is 0 Å². The summed E-state index contributed by atoms with van der Waals surface area (Å²) in [6, 6.07) is 16.5. The minimum Gasteiger partial charge on any atom is -0.368 e. The first-order valence-corrected chi connectivity index (χ1v) is 9.42. The van der Waals surface area contributed by atoms with Crippen LogP contribution in [-0.4, -0.2) is 47.2 Å². The van der Waals surface area contributed by atoms with Gasteiger partial charge in [-0.15, -0.1) is 11.8 Å². The number of hydrogen-bond donors (Lipinski definition) is 0. The minimum absolute atomic E-state index is 0.0920. The van der Waals surface area contributed by atoms with Crippen molar-refractivity contribution < 1.29 is 9.72 Å². The average molecular weight is 371 g/mol. The molecule has 0 bridgehead atoms. The number of carbonyl (C=O) groups is 1. The molecule has 1 aliphatic rings. The molecule has 0 N–H and O–H groups in total. The molecule has 1 unspecified atom stereocenters. The number of nitro benzene ring substituents is 1. The van der Waals surface area contributed by atoms with Gasteiger partial charge in [-0.1, -0.05) is 18.2 Å². The Morgan fingerprint density at radius 2 is 1.65 bits per heavy atom. The largest absolute Gasteiger partial charge is 0.368 e. The standard InChI is InChI=1S/C19H21N3O3S/c1-15(26-18-5-3-2-4-6-18)19(23)21-13-11-20(12-14-21)16-7-9-17(10-8-16)22(24)25/h2-10,15H,11-14H2,1H3. The van der Waals surface area contributed by atoms with Crippen molar-refractivity contribution in [3.05, 3.63) is 64.7 Å². The van der Waals surface area contributed by atoms with Gasteiger partial charge in [-0.3, -0.25) is 14.9 Å². The highest BCUT2D eigenvalue weighted by atomic mass is 32.2. The topological polar surface area (TPSA) is 66.7 Å². The molecule has 136 valence electrons. The molecule has 0 aromatic heterocycles. The Kier molecular flexibility index (Phi) is 5.78. The molecule has 2 aromatic rings. The predicted octanol–water partition coefficient (Wildman–Crippen LogP) is 3.42. The third-order valence-corrected chi connectivity index (χ3v) is 5.52. The summed E-state index contributed by atoms with van der Waals surface area (Å²) in [5, 5.41) is 10.6. The highest BCUT2D eigenvalue weighted by molar-refractivity contribution is 8.00. The second-order valence-electron chi connectivity index (χ2n) is 6.16.